The first-order valence-electron chi connectivity index (χ1n) is 9.97. The van der Waals surface area contributed by atoms with E-state index < -0.39 is 0 Å². The van der Waals surface area contributed by atoms with E-state index in [9.17, 15) is 0 Å². The Hall–Kier alpha value is -0.160. The number of hydrogen-bond acceptors (Lipinski definition) is 4. The number of ether oxygens (including phenoxy) is 1. The molecule has 2 heterocycles. The zero-order valence-corrected chi connectivity index (χ0v) is 17.1. The summed E-state index contributed by atoms with van der Waals surface area (Å²) in [4.78, 5) is 7.95. The standard InChI is InChI=1S/C20H41N3O/c1-7-19(3,15-20(4,8-2)17-24-6)16-22-10-12-23-11-9-21(5)13-18(23)14-22/h18H,7-17H2,1-6H3. The lowest BCUT2D eigenvalue weighted by Crippen LogP contribution is -2.62. The number of nitrogens with zero attached hydrogens (tertiary/aromatic N) is 3. The van der Waals surface area contributed by atoms with Crippen molar-refractivity contribution in [1.82, 2.24) is 14.7 Å². The van der Waals surface area contributed by atoms with Gasteiger partial charge < -0.3 is 9.64 Å². The Balaban J connectivity index is 1.96. The summed E-state index contributed by atoms with van der Waals surface area (Å²) in [5.41, 5.74) is 0.679. The van der Waals surface area contributed by atoms with Gasteiger partial charge in [-0.25, -0.2) is 0 Å². The van der Waals surface area contributed by atoms with Gasteiger partial charge >= 0.3 is 0 Å². The molecular formula is C20H41N3O. The van der Waals surface area contributed by atoms with Crippen LogP contribution in [0.2, 0.25) is 0 Å². The number of hydrogen-bond donors (Lipinski definition) is 0. The summed E-state index contributed by atoms with van der Waals surface area (Å²) in [6, 6.07) is 0.732. The van der Waals surface area contributed by atoms with Crippen LogP contribution in [0.5, 0.6) is 0 Å². The van der Waals surface area contributed by atoms with Gasteiger partial charge in [-0.05, 0) is 37.1 Å². The second-order valence-electron chi connectivity index (χ2n) is 9.13. The summed E-state index contributed by atoms with van der Waals surface area (Å²) in [5, 5.41) is 0. The molecule has 4 nitrogen and oxygen atoms in total. The minimum Gasteiger partial charge on any atom is -0.384 e. The summed E-state index contributed by atoms with van der Waals surface area (Å²) in [7, 11) is 4.11. The van der Waals surface area contributed by atoms with Crippen molar-refractivity contribution in [3.05, 3.63) is 0 Å². The number of fused-ring (bicyclic) bond motifs is 1. The Morgan fingerprint density at radius 2 is 1.62 bits per heavy atom. The molecular weight excluding hydrogens is 298 g/mol. The van der Waals surface area contributed by atoms with Crippen LogP contribution in [0.25, 0.3) is 0 Å². The predicted octanol–water partition coefficient (Wildman–Crippen LogP) is 2.79. The zero-order valence-electron chi connectivity index (χ0n) is 17.1. The Morgan fingerprint density at radius 1 is 0.958 bits per heavy atom. The van der Waals surface area contributed by atoms with Crippen LogP contribution in [0.3, 0.4) is 0 Å². The molecule has 0 amide bonds. The Morgan fingerprint density at radius 3 is 2.25 bits per heavy atom. The molecule has 0 aliphatic carbocycles. The summed E-state index contributed by atoms with van der Waals surface area (Å²) in [6.45, 7) is 19.1. The molecule has 2 saturated heterocycles. The first kappa shape index (κ1) is 20.2. The number of piperazine rings is 2. The van der Waals surface area contributed by atoms with E-state index in [0.29, 0.717) is 10.8 Å². The highest BCUT2D eigenvalue weighted by atomic mass is 16.5. The summed E-state index contributed by atoms with van der Waals surface area (Å²) < 4.78 is 5.53. The third-order valence-electron chi connectivity index (χ3n) is 6.64. The van der Waals surface area contributed by atoms with Crippen LogP contribution < -0.4 is 0 Å². The van der Waals surface area contributed by atoms with E-state index in [2.05, 4.69) is 49.4 Å². The maximum Gasteiger partial charge on any atom is 0.0516 e. The molecule has 0 saturated carbocycles. The average Bonchev–Trinajstić information content (AvgIpc) is 2.54. The quantitative estimate of drug-likeness (QED) is 0.677. The van der Waals surface area contributed by atoms with E-state index in [1.54, 1.807) is 0 Å². The minimum atomic E-state index is 0.298. The Labute approximate surface area is 150 Å². The lowest BCUT2D eigenvalue weighted by Gasteiger charge is -2.49. The fraction of sp³-hybridized carbons (Fsp3) is 1.00. The monoisotopic (exact) mass is 339 g/mol. The van der Waals surface area contributed by atoms with E-state index in [-0.39, 0.29) is 0 Å². The first-order chi connectivity index (χ1) is 11.3. The highest BCUT2D eigenvalue weighted by Gasteiger charge is 2.37. The summed E-state index contributed by atoms with van der Waals surface area (Å²) in [5.74, 6) is 0. The van der Waals surface area contributed by atoms with Crippen molar-refractivity contribution in [3.63, 3.8) is 0 Å². The maximum atomic E-state index is 5.53. The van der Waals surface area contributed by atoms with E-state index in [1.807, 2.05) is 7.11 Å². The van der Waals surface area contributed by atoms with Crippen LogP contribution in [0, 0.1) is 10.8 Å². The fourth-order valence-electron chi connectivity index (χ4n) is 4.81. The van der Waals surface area contributed by atoms with Gasteiger partial charge in [0, 0.05) is 59.0 Å². The SMILES string of the molecule is CCC(C)(COC)CC(C)(CC)CN1CCN2CCN(C)CC2C1. The zero-order chi connectivity index (χ0) is 17.8. The van der Waals surface area contributed by atoms with Crippen LogP contribution in [0.4, 0.5) is 0 Å². The van der Waals surface area contributed by atoms with Crippen LogP contribution in [-0.2, 0) is 4.74 Å². The highest BCUT2D eigenvalue weighted by Crippen LogP contribution is 2.40. The normalized spacial score (nSPS) is 29.0. The van der Waals surface area contributed by atoms with Gasteiger partial charge in [-0.1, -0.05) is 27.7 Å². The van der Waals surface area contributed by atoms with Gasteiger partial charge in [-0.2, -0.15) is 0 Å². The van der Waals surface area contributed by atoms with Crippen molar-refractivity contribution in [1.29, 1.82) is 0 Å². The second-order valence-corrected chi connectivity index (χ2v) is 9.13. The molecule has 0 bridgehead atoms. The van der Waals surface area contributed by atoms with Crippen LogP contribution in [0.1, 0.15) is 47.0 Å². The van der Waals surface area contributed by atoms with Crippen molar-refractivity contribution in [2.45, 2.75) is 53.0 Å². The summed E-state index contributed by atoms with van der Waals surface area (Å²) >= 11 is 0. The molecule has 142 valence electrons. The van der Waals surface area contributed by atoms with Gasteiger partial charge in [-0.15, -0.1) is 0 Å². The molecule has 2 aliphatic heterocycles. The lowest BCUT2D eigenvalue weighted by atomic mass is 9.70. The number of rotatable bonds is 8. The van der Waals surface area contributed by atoms with E-state index >= 15 is 0 Å². The smallest absolute Gasteiger partial charge is 0.0516 e. The molecule has 3 unspecified atom stereocenters. The molecule has 0 radical (unpaired) electrons. The van der Waals surface area contributed by atoms with Gasteiger partial charge in [0.2, 0.25) is 0 Å². The Kier molecular flexibility index (Phi) is 7.12. The van der Waals surface area contributed by atoms with E-state index in [0.717, 1.165) is 12.6 Å². The van der Waals surface area contributed by atoms with Crippen LogP contribution in [0.15, 0.2) is 0 Å². The molecule has 0 aromatic rings. The first-order valence-corrected chi connectivity index (χ1v) is 9.97. The predicted molar refractivity (Wildman–Crippen MR) is 103 cm³/mol. The second kappa shape index (κ2) is 8.48. The van der Waals surface area contributed by atoms with Gasteiger partial charge in [0.1, 0.15) is 0 Å². The summed E-state index contributed by atoms with van der Waals surface area (Å²) in [6.07, 6.45) is 3.69. The lowest BCUT2D eigenvalue weighted by molar-refractivity contribution is -0.0111. The molecule has 2 aliphatic rings. The Bertz CT molecular complexity index is 391. The van der Waals surface area contributed by atoms with Crippen LogP contribution in [-0.4, -0.2) is 87.3 Å². The maximum absolute atomic E-state index is 5.53. The molecule has 24 heavy (non-hydrogen) atoms. The van der Waals surface area contributed by atoms with Gasteiger partial charge in [0.15, 0.2) is 0 Å². The largest absolute Gasteiger partial charge is 0.384 e. The van der Waals surface area contributed by atoms with Crippen molar-refractivity contribution < 1.29 is 4.74 Å². The van der Waals surface area contributed by atoms with E-state index in [1.165, 1.54) is 65.1 Å². The average molecular weight is 340 g/mol. The van der Waals surface area contributed by atoms with Crippen LogP contribution >= 0.6 is 0 Å². The van der Waals surface area contributed by atoms with Gasteiger partial charge in [-0.3, -0.25) is 9.80 Å². The molecule has 0 aromatic heterocycles. The third-order valence-corrected chi connectivity index (χ3v) is 6.64. The molecule has 0 spiro atoms. The topological polar surface area (TPSA) is 19.0 Å². The molecule has 2 rings (SSSR count). The highest BCUT2D eigenvalue weighted by molar-refractivity contribution is 4.91. The molecule has 3 atom stereocenters. The molecule has 0 aromatic carbocycles. The number of likely N-dealkylation sites (N-methyl/N-ethyl adjacent to an activating group) is 1. The van der Waals surface area contributed by atoms with Crippen molar-refractivity contribution >= 4 is 0 Å². The number of methoxy groups -OCH3 is 1. The molecule has 2 fully saturated rings. The van der Waals surface area contributed by atoms with Gasteiger partial charge in [0.05, 0.1) is 6.61 Å². The van der Waals surface area contributed by atoms with E-state index in [4.69, 9.17) is 4.74 Å². The van der Waals surface area contributed by atoms with Crippen molar-refractivity contribution in [2.75, 3.05) is 66.6 Å². The molecule has 0 N–H and O–H groups in total. The third kappa shape index (κ3) is 5.17. The molecule has 4 heteroatoms. The minimum absolute atomic E-state index is 0.298. The van der Waals surface area contributed by atoms with Crippen molar-refractivity contribution in [2.24, 2.45) is 10.8 Å². The van der Waals surface area contributed by atoms with Gasteiger partial charge in [0.25, 0.3) is 0 Å². The fourth-order valence-corrected chi connectivity index (χ4v) is 4.81. The van der Waals surface area contributed by atoms with Crippen molar-refractivity contribution in [3.8, 4) is 0 Å².